The third kappa shape index (κ3) is 6.88. The molecule has 0 aromatic heterocycles. The molecule has 28 heavy (non-hydrogen) atoms. The Morgan fingerprint density at radius 2 is 1.86 bits per heavy atom. The minimum atomic E-state index is -0.550. The molecule has 0 fully saturated rings. The van der Waals surface area contributed by atoms with Gasteiger partial charge in [0, 0.05) is 23.9 Å². The number of nitrogens with zero attached hydrogens (tertiary/aromatic N) is 1. The lowest BCUT2D eigenvalue weighted by atomic mass is 10.1. The molecule has 0 unspecified atom stereocenters. The fourth-order valence-corrected chi connectivity index (χ4v) is 3.95. The number of carbonyl (C=O) groups is 2. The van der Waals surface area contributed by atoms with Gasteiger partial charge in [-0.2, -0.15) is 0 Å². The maximum Gasteiger partial charge on any atom is 0.242 e. The zero-order chi connectivity index (χ0) is 20.5. The first-order valence-electron chi connectivity index (χ1n) is 9.35. The molecule has 2 aromatic rings. The van der Waals surface area contributed by atoms with Gasteiger partial charge in [0.25, 0.3) is 0 Å². The molecular weight excluding hydrogens is 392 g/mol. The summed E-state index contributed by atoms with van der Waals surface area (Å²) in [6.07, 6.45) is 0. The van der Waals surface area contributed by atoms with E-state index in [0.717, 1.165) is 11.3 Å². The SMILES string of the molecule is CCNC(=O)[C@H](C)N(Cc1cccc(Cl)c1)C(=O)CSCc1cccc(C)c1. The van der Waals surface area contributed by atoms with Crippen molar-refractivity contribution in [3.63, 3.8) is 0 Å². The molecule has 0 saturated heterocycles. The van der Waals surface area contributed by atoms with Gasteiger partial charge in [-0.3, -0.25) is 9.59 Å². The molecule has 150 valence electrons. The van der Waals surface area contributed by atoms with Crippen LogP contribution >= 0.6 is 23.4 Å². The summed E-state index contributed by atoms with van der Waals surface area (Å²) in [6, 6.07) is 15.1. The predicted molar refractivity (Wildman–Crippen MR) is 117 cm³/mol. The molecule has 0 aliphatic heterocycles. The summed E-state index contributed by atoms with van der Waals surface area (Å²) in [5.74, 6) is 0.865. The second-order valence-corrected chi connectivity index (χ2v) is 8.13. The van der Waals surface area contributed by atoms with Crippen LogP contribution in [0.5, 0.6) is 0 Å². The first-order valence-corrected chi connectivity index (χ1v) is 10.9. The number of amides is 2. The van der Waals surface area contributed by atoms with Crippen LogP contribution in [0.4, 0.5) is 0 Å². The molecular formula is C22H27ClN2O2S. The highest BCUT2D eigenvalue weighted by Gasteiger charge is 2.25. The van der Waals surface area contributed by atoms with E-state index in [1.54, 1.807) is 29.7 Å². The lowest BCUT2D eigenvalue weighted by Gasteiger charge is -2.28. The number of aryl methyl sites for hydroxylation is 1. The van der Waals surface area contributed by atoms with Gasteiger partial charge < -0.3 is 10.2 Å². The summed E-state index contributed by atoms with van der Waals surface area (Å²) < 4.78 is 0. The highest BCUT2D eigenvalue weighted by molar-refractivity contribution is 7.99. The van der Waals surface area contributed by atoms with Crippen molar-refractivity contribution in [2.45, 2.75) is 39.1 Å². The summed E-state index contributed by atoms with van der Waals surface area (Å²) in [5.41, 5.74) is 3.30. The van der Waals surface area contributed by atoms with Crippen LogP contribution < -0.4 is 5.32 Å². The fraction of sp³-hybridized carbons (Fsp3) is 0.364. The number of benzene rings is 2. The molecule has 0 radical (unpaired) electrons. The average molecular weight is 419 g/mol. The van der Waals surface area contributed by atoms with Crippen molar-refractivity contribution in [1.29, 1.82) is 0 Å². The second-order valence-electron chi connectivity index (χ2n) is 6.70. The first-order chi connectivity index (χ1) is 13.4. The van der Waals surface area contributed by atoms with Gasteiger partial charge >= 0.3 is 0 Å². The number of hydrogen-bond donors (Lipinski definition) is 1. The topological polar surface area (TPSA) is 49.4 Å². The van der Waals surface area contributed by atoms with E-state index in [0.29, 0.717) is 23.9 Å². The lowest BCUT2D eigenvalue weighted by Crippen LogP contribution is -2.48. The van der Waals surface area contributed by atoms with E-state index in [1.165, 1.54) is 11.1 Å². The summed E-state index contributed by atoms with van der Waals surface area (Å²) in [6.45, 7) is 6.57. The Morgan fingerprint density at radius 1 is 1.14 bits per heavy atom. The minimum absolute atomic E-state index is 0.0589. The smallest absolute Gasteiger partial charge is 0.242 e. The maximum atomic E-state index is 12.9. The van der Waals surface area contributed by atoms with E-state index in [1.807, 2.05) is 31.2 Å². The number of carbonyl (C=O) groups excluding carboxylic acids is 2. The zero-order valence-corrected chi connectivity index (χ0v) is 18.1. The summed E-state index contributed by atoms with van der Waals surface area (Å²) in [4.78, 5) is 26.9. The minimum Gasteiger partial charge on any atom is -0.355 e. The van der Waals surface area contributed by atoms with E-state index >= 15 is 0 Å². The number of likely N-dealkylation sites (N-methyl/N-ethyl adjacent to an activating group) is 1. The molecule has 0 heterocycles. The van der Waals surface area contributed by atoms with Gasteiger partial charge in [0.05, 0.1) is 5.75 Å². The van der Waals surface area contributed by atoms with Crippen LogP contribution in [0, 0.1) is 6.92 Å². The Kier molecular flexibility index (Phi) is 8.87. The standard InChI is InChI=1S/C22H27ClN2O2S/c1-4-24-22(27)17(3)25(13-18-8-6-10-20(23)12-18)21(26)15-28-14-19-9-5-7-16(2)11-19/h5-12,17H,4,13-15H2,1-3H3,(H,24,27)/t17-/m0/s1. The number of nitrogens with one attached hydrogen (secondary N) is 1. The average Bonchev–Trinajstić information content (AvgIpc) is 2.66. The van der Waals surface area contributed by atoms with E-state index in [9.17, 15) is 9.59 Å². The molecule has 1 N–H and O–H groups in total. The normalized spacial score (nSPS) is 11.7. The number of thioether (sulfide) groups is 1. The van der Waals surface area contributed by atoms with Gasteiger partial charge in [-0.15, -0.1) is 11.8 Å². The van der Waals surface area contributed by atoms with Crippen molar-refractivity contribution in [1.82, 2.24) is 10.2 Å². The molecule has 6 heteroatoms. The molecule has 2 amide bonds. The molecule has 0 saturated carbocycles. The number of rotatable bonds is 9. The van der Waals surface area contributed by atoms with Crippen molar-refractivity contribution in [2.24, 2.45) is 0 Å². The largest absolute Gasteiger partial charge is 0.355 e. The van der Waals surface area contributed by atoms with Gasteiger partial charge in [-0.25, -0.2) is 0 Å². The summed E-state index contributed by atoms with van der Waals surface area (Å²) in [5, 5.41) is 3.42. The van der Waals surface area contributed by atoms with Gasteiger partial charge in [-0.1, -0.05) is 53.6 Å². The Hall–Kier alpha value is -1.98. The lowest BCUT2D eigenvalue weighted by molar-refractivity contribution is -0.138. The molecule has 0 spiro atoms. The number of halogens is 1. The molecule has 2 rings (SSSR count). The van der Waals surface area contributed by atoms with E-state index in [2.05, 4.69) is 30.4 Å². The van der Waals surface area contributed by atoms with Crippen LogP contribution in [0.15, 0.2) is 48.5 Å². The quantitative estimate of drug-likeness (QED) is 0.655. The van der Waals surface area contributed by atoms with Gasteiger partial charge in [0.2, 0.25) is 11.8 Å². The van der Waals surface area contributed by atoms with Crippen molar-refractivity contribution in [2.75, 3.05) is 12.3 Å². The van der Waals surface area contributed by atoms with Gasteiger partial charge in [0.15, 0.2) is 0 Å². The Balaban J connectivity index is 2.05. The molecule has 4 nitrogen and oxygen atoms in total. The van der Waals surface area contributed by atoms with Crippen LogP contribution in [0.1, 0.15) is 30.5 Å². The van der Waals surface area contributed by atoms with Gasteiger partial charge in [-0.05, 0) is 44.0 Å². The monoisotopic (exact) mass is 418 g/mol. The number of hydrogen-bond acceptors (Lipinski definition) is 3. The second kappa shape index (κ2) is 11.1. The summed E-state index contributed by atoms with van der Waals surface area (Å²) >= 11 is 7.64. The molecule has 0 aliphatic carbocycles. The van der Waals surface area contributed by atoms with Crippen molar-refractivity contribution < 1.29 is 9.59 Å². The fourth-order valence-electron chi connectivity index (χ4n) is 2.88. The third-order valence-corrected chi connectivity index (χ3v) is 5.56. The molecule has 2 aromatic carbocycles. The zero-order valence-electron chi connectivity index (χ0n) is 16.6. The van der Waals surface area contributed by atoms with E-state index in [4.69, 9.17) is 11.6 Å². The van der Waals surface area contributed by atoms with E-state index < -0.39 is 6.04 Å². The third-order valence-electron chi connectivity index (χ3n) is 4.34. The van der Waals surface area contributed by atoms with Gasteiger partial charge in [0.1, 0.15) is 6.04 Å². The van der Waals surface area contributed by atoms with E-state index in [-0.39, 0.29) is 11.8 Å². The maximum absolute atomic E-state index is 12.9. The Labute approximate surface area is 176 Å². The Morgan fingerprint density at radius 3 is 2.54 bits per heavy atom. The van der Waals surface area contributed by atoms with Crippen LogP contribution in [0.3, 0.4) is 0 Å². The first kappa shape index (κ1) is 22.3. The van der Waals surface area contributed by atoms with Crippen LogP contribution in [0.25, 0.3) is 0 Å². The predicted octanol–water partition coefficient (Wildman–Crippen LogP) is 4.44. The molecule has 0 aliphatic rings. The highest BCUT2D eigenvalue weighted by atomic mass is 35.5. The van der Waals surface area contributed by atoms with Crippen LogP contribution in [0.2, 0.25) is 5.02 Å². The molecule has 1 atom stereocenters. The summed E-state index contributed by atoms with van der Waals surface area (Å²) in [7, 11) is 0. The van der Waals surface area contributed by atoms with Crippen LogP contribution in [-0.2, 0) is 21.9 Å². The molecule has 0 bridgehead atoms. The van der Waals surface area contributed by atoms with Crippen molar-refractivity contribution in [3.8, 4) is 0 Å². The van der Waals surface area contributed by atoms with Crippen molar-refractivity contribution in [3.05, 3.63) is 70.2 Å². The van der Waals surface area contributed by atoms with Crippen LogP contribution in [-0.4, -0.2) is 35.1 Å². The van der Waals surface area contributed by atoms with Crippen molar-refractivity contribution >= 4 is 35.2 Å². The highest BCUT2D eigenvalue weighted by Crippen LogP contribution is 2.18. The Bertz CT molecular complexity index is 813.